The number of benzene rings is 1. The topological polar surface area (TPSA) is 12.9 Å². The molecule has 0 saturated heterocycles. The first-order valence-corrected chi connectivity index (χ1v) is 7.27. The molecule has 0 bridgehead atoms. The fourth-order valence-electron chi connectivity index (χ4n) is 2.79. The monoisotopic (exact) mass is 267 g/mol. The third-order valence-corrected chi connectivity index (χ3v) is 5.04. The molecule has 2 aromatic rings. The summed E-state index contributed by atoms with van der Waals surface area (Å²) in [6, 6.07) is 2.29. The van der Waals surface area contributed by atoms with Crippen LogP contribution in [0.1, 0.15) is 44.6 Å². The van der Waals surface area contributed by atoms with Gasteiger partial charge in [-0.05, 0) is 100 Å². The van der Waals surface area contributed by atoms with Crippen molar-refractivity contribution in [3.05, 3.63) is 50.7 Å². The van der Waals surface area contributed by atoms with Crippen molar-refractivity contribution in [2.24, 2.45) is 0 Å². The molecule has 1 aromatic heterocycles. The molecule has 0 saturated carbocycles. The molecule has 0 fully saturated rings. The average Bonchev–Trinajstić information content (AvgIpc) is 2.42. The highest BCUT2D eigenvalue weighted by Gasteiger charge is 2.15. The Morgan fingerprint density at radius 1 is 0.600 bits per heavy atom. The zero-order chi connectivity index (χ0) is 15.2. The Hall–Kier alpha value is -1.63. The zero-order valence-electron chi connectivity index (χ0n) is 14.0. The molecule has 1 aromatic carbocycles. The maximum Gasteiger partial charge on any atom is 0.0740 e. The zero-order valence-corrected chi connectivity index (χ0v) is 14.0. The van der Waals surface area contributed by atoms with Gasteiger partial charge in [-0.3, -0.25) is 4.98 Å². The number of rotatable bonds is 1. The average molecular weight is 267 g/mol. The molecule has 1 heteroatoms. The summed E-state index contributed by atoms with van der Waals surface area (Å²) in [4.78, 5) is 4.88. The van der Waals surface area contributed by atoms with Gasteiger partial charge in [0.2, 0.25) is 0 Å². The summed E-state index contributed by atoms with van der Waals surface area (Å²) in [5, 5.41) is 0. The van der Waals surface area contributed by atoms with E-state index >= 15 is 0 Å². The molecule has 0 amide bonds. The second-order valence-electron chi connectivity index (χ2n) is 6.04. The molecular formula is C19H25N. The number of hydrogen-bond donors (Lipinski definition) is 0. The number of aryl methyl sites for hydroxylation is 2. The molecule has 0 aliphatic carbocycles. The number of aromatic nitrogens is 1. The van der Waals surface area contributed by atoms with E-state index in [1.165, 1.54) is 44.5 Å². The van der Waals surface area contributed by atoms with Gasteiger partial charge in [-0.25, -0.2) is 0 Å². The van der Waals surface area contributed by atoms with Gasteiger partial charge in [0.05, 0.1) is 5.69 Å². The van der Waals surface area contributed by atoms with E-state index in [4.69, 9.17) is 4.98 Å². The molecule has 1 nitrogen and oxygen atoms in total. The number of pyridine rings is 1. The first kappa shape index (κ1) is 14.8. The summed E-state index contributed by atoms with van der Waals surface area (Å²) in [7, 11) is 0. The van der Waals surface area contributed by atoms with Crippen LogP contribution in [0.15, 0.2) is 6.07 Å². The van der Waals surface area contributed by atoms with E-state index in [1.54, 1.807) is 0 Å². The lowest BCUT2D eigenvalue weighted by atomic mass is 9.90. The van der Waals surface area contributed by atoms with Crippen molar-refractivity contribution in [2.45, 2.75) is 55.4 Å². The Balaban J connectivity index is 2.83. The predicted molar refractivity (Wildman–Crippen MR) is 87.6 cm³/mol. The third kappa shape index (κ3) is 2.15. The molecule has 0 radical (unpaired) electrons. The predicted octanol–water partition coefficient (Wildman–Crippen LogP) is 5.22. The van der Waals surface area contributed by atoms with Gasteiger partial charge in [-0.15, -0.1) is 0 Å². The standard InChI is InChI=1S/C19H25N/c1-10-9-18(15(6)12(3)11(10)2)19-16(7)13(4)14(5)17(8)20-19/h9H,1-8H3. The Bertz CT molecular complexity index is 632. The van der Waals surface area contributed by atoms with E-state index < -0.39 is 0 Å². The Kier molecular flexibility index (Phi) is 3.73. The molecule has 1 heterocycles. The fraction of sp³-hybridized carbons (Fsp3) is 0.421. The molecular weight excluding hydrogens is 242 g/mol. The largest absolute Gasteiger partial charge is 0.253 e. The highest BCUT2D eigenvalue weighted by atomic mass is 14.7. The Labute approximate surface area is 123 Å². The number of hydrogen-bond acceptors (Lipinski definition) is 1. The molecule has 0 N–H and O–H groups in total. The summed E-state index contributed by atoms with van der Waals surface area (Å²) in [6.45, 7) is 17.5. The van der Waals surface area contributed by atoms with Gasteiger partial charge in [-0.2, -0.15) is 0 Å². The molecule has 20 heavy (non-hydrogen) atoms. The Morgan fingerprint density at radius 3 is 1.75 bits per heavy atom. The van der Waals surface area contributed by atoms with E-state index in [1.807, 2.05) is 0 Å². The molecule has 0 aliphatic rings. The molecule has 0 atom stereocenters. The lowest BCUT2D eigenvalue weighted by molar-refractivity contribution is 1.09. The van der Waals surface area contributed by atoms with Crippen molar-refractivity contribution in [1.29, 1.82) is 0 Å². The summed E-state index contributed by atoms with van der Waals surface area (Å²) >= 11 is 0. The minimum absolute atomic E-state index is 1.14. The lowest BCUT2D eigenvalue weighted by Crippen LogP contribution is -2.02. The van der Waals surface area contributed by atoms with Gasteiger partial charge in [0.25, 0.3) is 0 Å². The SMILES string of the molecule is Cc1cc(-c2nc(C)c(C)c(C)c2C)c(C)c(C)c1C. The van der Waals surface area contributed by atoms with Crippen LogP contribution in [0.5, 0.6) is 0 Å². The van der Waals surface area contributed by atoms with Crippen LogP contribution in [0, 0.1) is 55.4 Å². The van der Waals surface area contributed by atoms with Crippen molar-refractivity contribution < 1.29 is 0 Å². The van der Waals surface area contributed by atoms with Crippen molar-refractivity contribution >= 4 is 0 Å². The van der Waals surface area contributed by atoms with Gasteiger partial charge >= 0.3 is 0 Å². The minimum Gasteiger partial charge on any atom is -0.253 e. The normalized spacial score (nSPS) is 11.0. The van der Waals surface area contributed by atoms with Crippen molar-refractivity contribution in [1.82, 2.24) is 4.98 Å². The van der Waals surface area contributed by atoms with Crippen LogP contribution in [0.2, 0.25) is 0 Å². The molecule has 0 spiro atoms. The molecule has 106 valence electrons. The fourth-order valence-corrected chi connectivity index (χ4v) is 2.79. The van der Waals surface area contributed by atoms with E-state index in [0.29, 0.717) is 0 Å². The molecule has 2 rings (SSSR count). The quantitative estimate of drug-likeness (QED) is 0.690. The van der Waals surface area contributed by atoms with E-state index in [2.05, 4.69) is 61.5 Å². The summed E-state index contributed by atoms with van der Waals surface area (Å²) in [5.41, 5.74) is 13.0. The Morgan fingerprint density at radius 2 is 1.15 bits per heavy atom. The summed E-state index contributed by atoms with van der Waals surface area (Å²) < 4.78 is 0. The van der Waals surface area contributed by atoms with Crippen molar-refractivity contribution in [3.8, 4) is 11.3 Å². The van der Waals surface area contributed by atoms with Crippen LogP contribution in [-0.2, 0) is 0 Å². The summed E-state index contributed by atoms with van der Waals surface area (Å²) in [5.74, 6) is 0. The van der Waals surface area contributed by atoms with Crippen LogP contribution in [0.3, 0.4) is 0 Å². The first-order chi connectivity index (χ1) is 9.25. The van der Waals surface area contributed by atoms with Crippen LogP contribution in [0.25, 0.3) is 11.3 Å². The van der Waals surface area contributed by atoms with Gasteiger partial charge in [0.1, 0.15) is 0 Å². The minimum atomic E-state index is 1.14. The van der Waals surface area contributed by atoms with E-state index in [-0.39, 0.29) is 0 Å². The van der Waals surface area contributed by atoms with Crippen molar-refractivity contribution in [2.75, 3.05) is 0 Å². The maximum atomic E-state index is 4.88. The third-order valence-electron chi connectivity index (χ3n) is 5.04. The van der Waals surface area contributed by atoms with Gasteiger partial charge in [0.15, 0.2) is 0 Å². The number of nitrogens with zero attached hydrogens (tertiary/aromatic N) is 1. The second kappa shape index (κ2) is 5.05. The van der Waals surface area contributed by atoms with Crippen molar-refractivity contribution in [3.63, 3.8) is 0 Å². The van der Waals surface area contributed by atoms with Gasteiger partial charge < -0.3 is 0 Å². The highest BCUT2D eigenvalue weighted by Crippen LogP contribution is 2.32. The molecule has 0 aliphatic heterocycles. The second-order valence-corrected chi connectivity index (χ2v) is 6.04. The maximum absolute atomic E-state index is 4.88. The first-order valence-electron chi connectivity index (χ1n) is 7.27. The molecule has 0 unspecified atom stereocenters. The van der Waals surface area contributed by atoms with E-state index in [9.17, 15) is 0 Å². The van der Waals surface area contributed by atoms with Crippen LogP contribution in [0.4, 0.5) is 0 Å². The van der Waals surface area contributed by atoms with Crippen LogP contribution < -0.4 is 0 Å². The lowest BCUT2D eigenvalue weighted by Gasteiger charge is -2.18. The summed E-state index contributed by atoms with van der Waals surface area (Å²) in [6.07, 6.45) is 0. The smallest absolute Gasteiger partial charge is 0.0740 e. The van der Waals surface area contributed by atoms with E-state index in [0.717, 1.165) is 11.4 Å². The van der Waals surface area contributed by atoms with Gasteiger partial charge in [-0.1, -0.05) is 0 Å². The highest BCUT2D eigenvalue weighted by molar-refractivity contribution is 5.71. The van der Waals surface area contributed by atoms with Crippen LogP contribution in [-0.4, -0.2) is 4.98 Å². The van der Waals surface area contributed by atoms with Gasteiger partial charge in [0, 0.05) is 11.3 Å². The van der Waals surface area contributed by atoms with Crippen LogP contribution >= 0.6 is 0 Å².